The summed E-state index contributed by atoms with van der Waals surface area (Å²) in [4.78, 5) is 2.29. The number of aromatic nitrogens is 2. The quantitative estimate of drug-likeness (QED) is 0.943. The van der Waals surface area contributed by atoms with Crippen molar-refractivity contribution in [2.45, 2.75) is 18.9 Å². The van der Waals surface area contributed by atoms with Gasteiger partial charge in [0.25, 0.3) is 0 Å². The van der Waals surface area contributed by atoms with Crippen molar-refractivity contribution < 1.29 is 9.84 Å². The molecule has 1 saturated carbocycles. The number of para-hydroxylation sites is 1. The maximum atomic E-state index is 9.75. The average molecular weight is 311 g/mol. The van der Waals surface area contributed by atoms with Gasteiger partial charge in [-0.2, -0.15) is 0 Å². The van der Waals surface area contributed by atoms with Gasteiger partial charge in [0, 0.05) is 18.7 Å². The Hall–Kier alpha value is -2.14. The van der Waals surface area contributed by atoms with Crippen molar-refractivity contribution in [2.24, 2.45) is 11.8 Å². The van der Waals surface area contributed by atoms with Crippen LogP contribution in [-0.4, -0.2) is 41.6 Å². The van der Waals surface area contributed by atoms with E-state index in [1.54, 1.807) is 7.11 Å². The van der Waals surface area contributed by atoms with Crippen LogP contribution in [0.1, 0.15) is 12.8 Å². The second-order valence-electron chi connectivity index (χ2n) is 6.53. The highest BCUT2D eigenvalue weighted by atomic mass is 16.5. The number of hydrogen-bond donors (Lipinski definition) is 1. The lowest BCUT2D eigenvalue weighted by atomic mass is 10.0. The minimum Gasteiger partial charge on any atom is -0.496 e. The Bertz CT molecular complexity index is 675. The van der Waals surface area contributed by atoms with E-state index in [1.807, 2.05) is 36.4 Å². The van der Waals surface area contributed by atoms with E-state index in [-0.39, 0.29) is 6.10 Å². The van der Waals surface area contributed by atoms with Gasteiger partial charge in [-0.25, -0.2) is 0 Å². The van der Waals surface area contributed by atoms with E-state index in [1.165, 1.54) is 0 Å². The number of hydrogen-bond acceptors (Lipinski definition) is 5. The molecule has 0 spiro atoms. The van der Waals surface area contributed by atoms with Gasteiger partial charge >= 0.3 is 0 Å². The zero-order valence-electron chi connectivity index (χ0n) is 13.2. The molecule has 2 aromatic rings. The van der Waals surface area contributed by atoms with Crippen LogP contribution in [-0.2, 0) is 0 Å². The molecule has 1 aromatic carbocycles. The number of fused-ring (bicyclic) bond motifs is 1. The predicted molar refractivity (Wildman–Crippen MR) is 88.5 cm³/mol. The first kappa shape index (κ1) is 14.5. The summed E-state index contributed by atoms with van der Waals surface area (Å²) in [5, 5.41) is 18.6. The van der Waals surface area contributed by atoms with Crippen LogP contribution in [0.5, 0.6) is 5.75 Å². The first-order valence-electron chi connectivity index (χ1n) is 8.14. The minimum absolute atomic E-state index is 0.105. The van der Waals surface area contributed by atoms with Gasteiger partial charge in [-0.05, 0) is 48.9 Å². The van der Waals surface area contributed by atoms with Gasteiger partial charge in [0.1, 0.15) is 5.75 Å². The van der Waals surface area contributed by atoms with E-state index in [4.69, 9.17) is 4.74 Å². The summed E-state index contributed by atoms with van der Waals surface area (Å²) in [6.45, 7) is 1.95. The molecule has 1 unspecified atom stereocenters. The number of rotatable bonds is 3. The number of ether oxygens (including phenoxy) is 1. The van der Waals surface area contributed by atoms with E-state index in [0.717, 1.165) is 48.8 Å². The van der Waals surface area contributed by atoms with Crippen molar-refractivity contribution in [1.82, 2.24) is 10.2 Å². The van der Waals surface area contributed by atoms with Crippen LogP contribution in [0.2, 0.25) is 0 Å². The smallest absolute Gasteiger partial charge is 0.151 e. The first-order valence-corrected chi connectivity index (χ1v) is 8.14. The Labute approximate surface area is 135 Å². The molecule has 1 aromatic heterocycles. The lowest BCUT2D eigenvalue weighted by molar-refractivity contribution is 0.174. The number of nitrogens with zero attached hydrogens (tertiary/aromatic N) is 3. The van der Waals surface area contributed by atoms with Crippen molar-refractivity contribution in [3.8, 4) is 17.0 Å². The summed E-state index contributed by atoms with van der Waals surface area (Å²) in [5.41, 5.74) is 1.77. The number of aliphatic hydroxyl groups is 1. The van der Waals surface area contributed by atoms with Gasteiger partial charge in [0.05, 0.1) is 18.9 Å². The normalized spacial score (nSPS) is 26.3. The molecule has 120 valence electrons. The number of aliphatic hydroxyl groups excluding tert-OH is 1. The summed E-state index contributed by atoms with van der Waals surface area (Å²) in [6, 6.07) is 11.9. The molecular weight excluding hydrogens is 290 g/mol. The largest absolute Gasteiger partial charge is 0.496 e. The SMILES string of the molecule is COc1ccccc1-c1ccc(N2C[C@H]3CC(O)C[C@H]3C2)nn1. The fraction of sp³-hybridized carbons (Fsp3) is 0.444. The zero-order chi connectivity index (χ0) is 15.8. The zero-order valence-corrected chi connectivity index (χ0v) is 13.2. The van der Waals surface area contributed by atoms with Crippen LogP contribution in [0.25, 0.3) is 11.3 Å². The number of methoxy groups -OCH3 is 1. The molecule has 1 saturated heterocycles. The molecule has 5 nitrogen and oxygen atoms in total. The van der Waals surface area contributed by atoms with Gasteiger partial charge in [0.2, 0.25) is 0 Å². The molecule has 0 amide bonds. The standard InChI is InChI=1S/C18H21N3O2/c1-23-17-5-3-2-4-15(17)16-6-7-18(20-19-16)21-10-12-8-14(22)9-13(12)11-21/h2-7,12-14,22H,8-11H2,1H3/t12-,13+,14?. The summed E-state index contributed by atoms with van der Waals surface area (Å²) >= 11 is 0. The predicted octanol–water partition coefficient (Wildman–Crippen LogP) is 2.36. The van der Waals surface area contributed by atoms with E-state index in [2.05, 4.69) is 15.1 Å². The Morgan fingerprint density at radius 1 is 1.04 bits per heavy atom. The maximum absolute atomic E-state index is 9.75. The second kappa shape index (κ2) is 5.81. The van der Waals surface area contributed by atoms with Gasteiger partial charge in [-0.15, -0.1) is 10.2 Å². The van der Waals surface area contributed by atoms with E-state index < -0.39 is 0 Å². The highest BCUT2D eigenvalue weighted by molar-refractivity contribution is 5.67. The van der Waals surface area contributed by atoms with E-state index in [0.29, 0.717) is 11.8 Å². The average Bonchev–Trinajstić information content (AvgIpc) is 3.12. The number of anilines is 1. The lowest BCUT2D eigenvalue weighted by Gasteiger charge is -2.18. The van der Waals surface area contributed by atoms with Crippen LogP contribution in [0, 0.1) is 11.8 Å². The highest BCUT2D eigenvalue weighted by Crippen LogP contribution is 2.39. The van der Waals surface area contributed by atoms with E-state index >= 15 is 0 Å². The van der Waals surface area contributed by atoms with Gasteiger partial charge in [-0.1, -0.05) is 12.1 Å². The molecule has 1 aliphatic carbocycles. The van der Waals surface area contributed by atoms with Gasteiger partial charge in [-0.3, -0.25) is 0 Å². The molecule has 3 atom stereocenters. The lowest BCUT2D eigenvalue weighted by Crippen LogP contribution is -2.23. The first-order chi connectivity index (χ1) is 11.2. The monoisotopic (exact) mass is 311 g/mol. The molecule has 1 aliphatic heterocycles. The van der Waals surface area contributed by atoms with Crippen molar-refractivity contribution >= 4 is 5.82 Å². The highest BCUT2D eigenvalue weighted by Gasteiger charge is 2.40. The molecule has 5 heteroatoms. The topological polar surface area (TPSA) is 58.5 Å². The summed E-state index contributed by atoms with van der Waals surface area (Å²) in [7, 11) is 1.66. The molecule has 0 radical (unpaired) electrons. The van der Waals surface area contributed by atoms with Crippen LogP contribution < -0.4 is 9.64 Å². The molecule has 0 bridgehead atoms. The molecular formula is C18H21N3O2. The molecule has 4 rings (SSSR count). The van der Waals surface area contributed by atoms with Crippen molar-refractivity contribution in [3.05, 3.63) is 36.4 Å². The van der Waals surface area contributed by atoms with Crippen LogP contribution in [0.4, 0.5) is 5.82 Å². The number of benzene rings is 1. The minimum atomic E-state index is -0.105. The molecule has 2 heterocycles. The second-order valence-corrected chi connectivity index (χ2v) is 6.53. The third-order valence-electron chi connectivity index (χ3n) is 5.08. The van der Waals surface area contributed by atoms with E-state index in [9.17, 15) is 5.11 Å². The Balaban J connectivity index is 1.53. The van der Waals surface area contributed by atoms with Crippen LogP contribution >= 0.6 is 0 Å². The fourth-order valence-electron chi connectivity index (χ4n) is 3.95. The third-order valence-corrected chi connectivity index (χ3v) is 5.08. The van der Waals surface area contributed by atoms with Crippen LogP contribution in [0.15, 0.2) is 36.4 Å². The van der Waals surface area contributed by atoms with Crippen molar-refractivity contribution in [3.63, 3.8) is 0 Å². The Morgan fingerprint density at radius 3 is 2.43 bits per heavy atom. The Morgan fingerprint density at radius 2 is 1.78 bits per heavy atom. The summed E-state index contributed by atoms with van der Waals surface area (Å²) in [6.07, 6.45) is 1.74. The summed E-state index contributed by atoms with van der Waals surface area (Å²) in [5.74, 6) is 2.92. The summed E-state index contributed by atoms with van der Waals surface area (Å²) < 4.78 is 5.39. The molecule has 2 aliphatic rings. The Kier molecular flexibility index (Phi) is 3.65. The van der Waals surface area contributed by atoms with Gasteiger partial charge < -0.3 is 14.7 Å². The van der Waals surface area contributed by atoms with Crippen LogP contribution in [0.3, 0.4) is 0 Å². The van der Waals surface area contributed by atoms with Gasteiger partial charge in [0.15, 0.2) is 5.82 Å². The maximum Gasteiger partial charge on any atom is 0.151 e. The molecule has 23 heavy (non-hydrogen) atoms. The fourth-order valence-corrected chi connectivity index (χ4v) is 3.95. The molecule has 1 N–H and O–H groups in total. The molecule has 2 fully saturated rings. The van der Waals surface area contributed by atoms with Crippen molar-refractivity contribution in [2.75, 3.05) is 25.1 Å². The third kappa shape index (κ3) is 2.65. The van der Waals surface area contributed by atoms with Crippen molar-refractivity contribution in [1.29, 1.82) is 0 Å².